The maximum atomic E-state index is 11.7. The molecular formula is C14H17ClN2O2. The second-order valence-corrected chi connectivity index (χ2v) is 5.85. The van der Waals surface area contributed by atoms with Crippen LogP contribution < -0.4 is 5.32 Å². The van der Waals surface area contributed by atoms with E-state index in [9.17, 15) is 9.90 Å². The molecule has 2 fully saturated rings. The maximum absolute atomic E-state index is 11.7. The van der Waals surface area contributed by atoms with Crippen molar-refractivity contribution in [2.75, 3.05) is 18.4 Å². The fraction of sp³-hybridized carbons (Fsp3) is 0.500. The average molecular weight is 281 g/mol. The third-order valence-electron chi connectivity index (χ3n) is 4.02. The van der Waals surface area contributed by atoms with E-state index in [-0.39, 0.29) is 0 Å². The number of nitrogens with one attached hydrogen (secondary N) is 1. The Bertz CT molecular complexity index is 504. The molecule has 0 bridgehead atoms. The fourth-order valence-electron chi connectivity index (χ4n) is 2.74. The minimum atomic E-state index is -0.909. The minimum Gasteiger partial charge on any atom is -0.479 e. The highest BCUT2D eigenvalue weighted by Crippen LogP contribution is 2.36. The zero-order valence-electron chi connectivity index (χ0n) is 10.6. The van der Waals surface area contributed by atoms with Crippen LogP contribution in [0.1, 0.15) is 19.3 Å². The van der Waals surface area contributed by atoms with Gasteiger partial charge in [-0.2, -0.15) is 0 Å². The van der Waals surface area contributed by atoms with Gasteiger partial charge in [0.25, 0.3) is 0 Å². The lowest BCUT2D eigenvalue weighted by molar-refractivity contribution is -0.141. The molecule has 2 aliphatic rings. The zero-order chi connectivity index (χ0) is 13.5. The Labute approximate surface area is 117 Å². The molecule has 4 nitrogen and oxygen atoms in total. The van der Waals surface area contributed by atoms with Gasteiger partial charge in [0.15, 0.2) is 0 Å². The molecule has 1 aliphatic heterocycles. The maximum Gasteiger partial charge on any atom is 0.330 e. The van der Waals surface area contributed by atoms with Crippen molar-refractivity contribution < 1.29 is 9.90 Å². The molecule has 102 valence electrons. The summed E-state index contributed by atoms with van der Waals surface area (Å²) < 4.78 is 0. The summed E-state index contributed by atoms with van der Waals surface area (Å²) in [6, 6.07) is 7.89. The summed E-state index contributed by atoms with van der Waals surface area (Å²) in [7, 11) is 0. The van der Waals surface area contributed by atoms with Crippen molar-refractivity contribution >= 4 is 23.3 Å². The molecule has 0 aromatic heterocycles. The number of anilines is 1. The molecule has 1 saturated heterocycles. The fourth-order valence-corrected chi connectivity index (χ4v) is 2.92. The van der Waals surface area contributed by atoms with Crippen molar-refractivity contribution in [3.05, 3.63) is 29.3 Å². The van der Waals surface area contributed by atoms with E-state index in [1.807, 2.05) is 18.2 Å². The standard InChI is InChI=1S/C14H17ClN2O2/c15-11-3-1-2-4-12(11)16-14(13(18)19)7-8-17(9-14)10-5-6-10/h1-4,10,16H,5-9H2,(H,18,19). The topological polar surface area (TPSA) is 52.6 Å². The number of hydrogen-bond acceptors (Lipinski definition) is 3. The van der Waals surface area contributed by atoms with Crippen LogP contribution in [0.2, 0.25) is 5.02 Å². The first-order valence-electron chi connectivity index (χ1n) is 6.61. The summed E-state index contributed by atoms with van der Waals surface area (Å²) in [5, 5.41) is 13.3. The molecule has 1 atom stereocenters. The normalized spacial score (nSPS) is 27.4. The second kappa shape index (κ2) is 4.69. The van der Waals surface area contributed by atoms with Crippen LogP contribution in [0, 0.1) is 0 Å². The van der Waals surface area contributed by atoms with Crippen molar-refractivity contribution in [2.45, 2.75) is 30.8 Å². The lowest BCUT2D eigenvalue weighted by atomic mass is 9.98. The molecule has 19 heavy (non-hydrogen) atoms. The minimum absolute atomic E-state index is 0.554. The van der Waals surface area contributed by atoms with Gasteiger partial charge in [0, 0.05) is 19.1 Å². The molecule has 1 heterocycles. The number of para-hydroxylation sites is 1. The number of halogens is 1. The van der Waals surface area contributed by atoms with Gasteiger partial charge < -0.3 is 10.4 Å². The summed E-state index contributed by atoms with van der Waals surface area (Å²) in [6.45, 7) is 1.40. The Balaban J connectivity index is 1.82. The van der Waals surface area contributed by atoms with E-state index in [1.54, 1.807) is 6.07 Å². The molecule has 3 rings (SSSR count). The Hall–Kier alpha value is -1.26. The molecular weight excluding hydrogens is 264 g/mol. The molecule has 1 aliphatic carbocycles. The zero-order valence-corrected chi connectivity index (χ0v) is 11.4. The van der Waals surface area contributed by atoms with E-state index >= 15 is 0 Å². The van der Waals surface area contributed by atoms with E-state index in [2.05, 4.69) is 10.2 Å². The van der Waals surface area contributed by atoms with Crippen LogP contribution in [-0.2, 0) is 4.79 Å². The third-order valence-corrected chi connectivity index (χ3v) is 4.35. The SMILES string of the molecule is O=C(O)C1(Nc2ccccc2Cl)CCN(C2CC2)C1. The number of aliphatic carboxylic acids is 1. The summed E-state index contributed by atoms with van der Waals surface area (Å²) in [6.07, 6.45) is 3.01. The number of benzene rings is 1. The predicted octanol–water partition coefficient (Wildman–Crippen LogP) is 2.44. The van der Waals surface area contributed by atoms with Crippen molar-refractivity contribution in [2.24, 2.45) is 0 Å². The largest absolute Gasteiger partial charge is 0.479 e. The average Bonchev–Trinajstić information content (AvgIpc) is 3.14. The first kappa shape index (κ1) is 12.8. The van der Waals surface area contributed by atoms with E-state index in [0.717, 1.165) is 6.54 Å². The van der Waals surface area contributed by atoms with Crippen LogP contribution in [-0.4, -0.2) is 40.6 Å². The molecule has 1 unspecified atom stereocenters. The van der Waals surface area contributed by atoms with Crippen LogP contribution in [0.4, 0.5) is 5.69 Å². The lowest BCUT2D eigenvalue weighted by Crippen LogP contribution is -2.49. The number of likely N-dealkylation sites (tertiary alicyclic amines) is 1. The molecule has 1 aromatic carbocycles. The Morgan fingerprint density at radius 3 is 2.79 bits per heavy atom. The van der Waals surface area contributed by atoms with E-state index < -0.39 is 11.5 Å². The quantitative estimate of drug-likeness (QED) is 0.889. The smallest absolute Gasteiger partial charge is 0.330 e. The van der Waals surface area contributed by atoms with Gasteiger partial charge in [-0.3, -0.25) is 4.90 Å². The summed E-state index contributed by atoms with van der Waals surface area (Å²) in [4.78, 5) is 14.0. The van der Waals surface area contributed by atoms with Gasteiger partial charge in [-0.15, -0.1) is 0 Å². The molecule has 2 N–H and O–H groups in total. The predicted molar refractivity (Wildman–Crippen MR) is 74.7 cm³/mol. The Morgan fingerprint density at radius 1 is 1.42 bits per heavy atom. The highest BCUT2D eigenvalue weighted by molar-refractivity contribution is 6.33. The summed E-state index contributed by atoms with van der Waals surface area (Å²) >= 11 is 6.11. The van der Waals surface area contributed by atoms with Gasteiger partial charge >= 0.3 is 5.97 Å². The number of carbonyl (C=O) groups is 1. The van der Waals surface area contributed by atoms with Crippen molar-refractivity contribution in [3.8, 4) is 0 Å². The van der Waals surface area contributed by atoms with Crippen LogP contribution in [0.15, 0.2) is 24.3 Å². The highest BCUT2D eigenvalue weighted by Gasteiger charge is 2.48. The molecule has 0 radical (unpaired) electrons. The number of hydrogen-bond donors (Lipinski definition) is 2. The van der Waals surface area contributed by atoms with Crippen molar-refractivity contribution in [1.29, 1.82) is 0 Å². The first-order valence-corrected chi connectivity index (χ1v) is 6.99. The van der Waals surface area contributed by atoms with E-state index in [1.165, 1.54) is 12.8 Å². The van der Waals surface area contributed by atoms with Crippen molar-refractivity contribution in [3.63, 3.8) is 0 Å². The van der Waals surface area contributed by atoms with E-state index in [0.29, 0.717) is 29.7 Å². The number of carboxylic acid groups (broad SMARTS) is 1. The van der Waals surface area contributed by atoms with Gasteiger partial charge in [-0.25, -0.2) is 4.79 Å². The second-order valence-electron chi connectivity index (χ2n) is 5.44. The van der Waals surface area contributed by atoms with Gasteiger partial charge in [0.05, 0.1) is 10.7 Å². The Morgan fingerprint density at radius 2 is 2.16 bits per heavy atom. The molecule has 1 aromatic rings. The van der Waals surface area contributed by atoms with Gasteiger partial charge in [-0.05, 0) is 31.4 Å². The Kier molecular flexibility index (Phi) is 3.15. The van der Waals surface area contributed by atoms with Crippen molar-refractivity contribution in [1.82, 2.24) is 4.90 Å². The lowest BCUT2D eigenvalue weighted by Gasteiger charge is -2.28. The monoisotopic (exact) mass is 280 g/mol. The van der Waals surface area contributed by atoms with Gasteiger partial charge in [0.2, 0.25) is 0 Å². The van der Waals surface area contributed by atoms with Gasteiger partial charge in [-0.1, -0.05) is 23.7 Å². The van der Waals surface area contributed by atoms with Crippen LogP contribution in [0.25, 0.3) is 0 Å². The summed E-state index contributed by atoms with van der Waals surface area (Å²) in [5.74, 6) is -0.796. The molecule has 0 spiro atoms. The van der Waals surface area contributed by atoms with Crippen LogP contribution in [0.3, 0.4) is 0 Å². The summed E-state index contributed by atoms with van der Waals surface area (Å²) in [5.41, 5.74) is -0.211. The molecule has 0 amide bonds. The van der Waals surface area contributed by atoms with Crippen LogP contribution >= 0.6 is 11.6 Å². The number of carboxylic acids is 1. The third kappa shape index (κ3) is 2.42. The first-order chi connectivity index (χ1) is 9.11. The van der Waals surface area contributed by atoms with E-state index in [4.69, 9.17) is 11.6 Å². The molecule has 1 saturated carbocycles. The number of rotatable bonds is 4. The number of nitrogens with zero attached hydrogens (tertiary/aromatic N) is 1. The van der Waals surface area contributed by atoms with Gasteiger partial charge in [0.1, 0.15) is 5.54 Å². The van der Waals surface area contributed by atoms with Crippen LogP contribution in [0.5, 0.6) is 0 Å². The highest BCUT2D eigenvalue weighted by atomic mass is 35.5. The molecule has 5 heteroatoms.